The predicted octanol–water partition coefficient (Wildman–Crippen LogP) is 2.53. The van der Waals surface area contributed by atoms with E-state index in [4.69, 9.17) is 28.6 Å². The van der Waals surface area contributed by atoms with Gasteiger partial charge in [0.05, 0.1) is 0 Å². The summed E-state index contributed by atoms with van der Waals surface area (Å²) in [6.45, 7) is 1.64. The summed E-state index contributed by atoms with van der Waals surface area (Å²) in [4.78, 5) is 0.816. The smallest absolute Gasteiger partial charge is 0.335 e. The standard InChI is InChI=1S/C10H11ClFNO3S2/c1-6-4-8(16-10(17)13(2)3)9(5-7(6)11)18(12,14)15/h4-5H,1-3H3. The van der Waals surface area contributed by atoms with Gasteiger partial charge in [-0.05, 0) is 36.8 Å². The van der Waals surface area contributed by atoms with E-state index in [-0.39, 0.29) is 15.9 Å². The molecular formula is C10H11ClFNO3S2. The highest BCUT2D eigenvalue weighted by Crippen LogP contribution is 2.31. The van der Waals surface area contributed by atoms with E-state index in [1.807, 2.05) is 0 Å². The van der Waals surface area contributed by atoms with Crippen LogP contribution in [0.3, 0.4) is 0 Å². The van der Waals surface area contributed by atoms with E-state index < -0.39 is 15.1 Å². The number of thiocarbonyl (C=S) groups is 1. The maximum Gasteiger partial charge on any atom is 0.335 e. The molecule has 0 heterocycles. The van der Waals surface area contributed by atoms with Gasteiger partial charge < -0.3 is 9.64 Å². The maximum atomic E-state index is 13.1. The number of rotatable bonds is 2. The molecule has 0 aliphatic heterocycles. The molecule has 0 unspecified atom stereocenters. The van der Waals surface area contributed by atoms with Crippen molar-refractivity contribution in [1.82, 2.24) is 4.90 Å². The van der Waals surface area contributed by atoms with Gasteiger partial charge in [0.1, 0.15) is 4.90 Å². The van der Waals surface area contributed by atoms with Crippen molar-refractivity contribution in [2.75, 3.05) is 14.1 Å². The molecule has 100 valence electrons. The lowest BCUT2D eigenvalue weighted by molar-refractivity contribution is 0.438. The van der Waals surface area contributed by atoms with Crippen LogP contribution in [0.1, 0.15) is 5.56 Å². The summed E-state index contributed by atoms with van der Waals surface area (Å²) in [6.07, 6.45) is 0. The highest BCUT2D eigenvalue weighted by molar-refractivity contribution is 7.86. The van der Waals surface area contributed by atoms with Crippen molar-refractivity contribution in [1.29, 1.82) is 0 Å². The maximum absolute atomic E-state index is 13.1. The number of hydrogen-bond acceptors (Lipinski definition) is 4. The molecule has 0 saturated carbocycles. The number of aryl methyl sites for hydroxylation is 1. The monoisotopic (exact) mass is 311 g/mol. The van der Waals surface area contributed by atoms with Crippen molar-refractivity contribution in [3.05, 3.63) is 22.7 Å². The Morgan fingerprint density at radius 1 is 1.44 bits per heavy atom. The summed E-state index contributed by atoms with van der Waals surface area (Å²) in [5, 5.41) is 0.149. The Morgan fingerprint density at radius 3 is 2.44 bits per heavy atom. The van der Waals surface area contributed by atoms with Crippen molar-refractivity contribution in [3.8, 4) is 5.75 Å². The Bertz CT molecular complexity index is 587. The molecule has 4 nitrogen and oxygen atoms in total. The SMILES string of the molecule is Cc1cc(OC(=S)N(C)C)c(S(=O)(=O)F)cc1Cl. The molecule has 0 amide bonds. The van der Waals surface area contributed by atoms with Crippen molar-refractivity contribution >= 4 is 39.2 Å². The predicted molar refractivity (Wildman–Crippen MR) is 71.4 cm³/mol. The fourth-order valence-electron chi connectivity index (χ4n) is 1.09. The summed E-state index contributed by atoms with van der Waals surface area (Å²) < 4.78 is 40.3. The molecule has 8 heteroatoms. The van der Waals surface area contributed by atoms with Crippen molar-refractivity contribution < 1.29 is 17.0 Å². The van der Waals surface area contributed by atoms with Crippen LogP contribution in [-0.2, 0) is 10.2 Å². The minimum atomic E-state index is -4.93. The van der Waals surface area contributed by atoms with Gasteiger partial charge in [-0.25, -0.2) is 0 Å². The molecule has 0 aliphatic carbocycles. The average molecular weight is 312 g/mol. The summed E-state index contributed by atoms with van der Waals surface area (Å²) in [6, 6.07) is 2.32. The highest BCUT2D eigenvalue weighted by atomic mass is 35.5. The quantitative estimate of drug-likeness (QED) is 0.620. The lowest BCUT2D eigenvalue weighted by atomic mass is 10.2. The van der Waals surface area contributed by atoms with Crippen LogP contribution in [0.4, 0.5) is 3.89 Å². The van der Waals surface area contributed by atoms with Gasteiger partial charge in [-0.1, -0.05) is 11.6 Å². The van der Waals surface area contributed by atoms with E-state index in [1.54, 1.807) is 21.0 Å². The third-order valence-corrected chi connectivity index (χ3v) is 3.75. The van der Waals surface area contributed by atoms with Crippen LogP contribution >= 0.6 is 23.8 Å². The number of halogens is 2. The third kappa shape index (κ3) is 3.54. The Hall–Kier alpha value is -0.920. The van der Waals surface area contributed by atoms with Crippen LogP contribution in [0.25, 0.3) is 0 Å². The zero-order chi connectivity index (χ0) is 14.1. The first kappa shape index (κ1) is 15.1. The van der Waals surface area contributed by atoms with Gasteiger partial charge in [0.15, 0.2) is 5.75 Å². The molecule has 1 rings (SSSR count). The Balaban J connectivity index is 3.34. The average Bonchev–Trinajstić information content (AvgIpc) is 2.21. The van der Waals surface area contributed by atoms with Crippen LogP contribution in [-0.4, -0.2) is 32.6 Å². The number of benzene rings is 1. The van der Waals surface area contributed by atoms with Crippen molar-refractivity contribution in [3.63, 3.8) is 0 Å². The summed E-state index contributed by atoms with van der Waals surface area (Å²) >= 11 is 10.6. The fraction of sp³-hybridized carbons (Fsp3) is 0.300. The first-order valence-electron chi connectivity index (χ1n) is 4.77. The fourth-order valence-corrected chi connectivity index (χ4v) is 2.01. The molecule has 0 aromatic heterocycles. The molecule has 18 heavy (non-hydrogen) atoms. The third-order valence-electron chi connectivity index (χ3n) is 2.05. The second-order valence-corrected chi connectivity index (χ2v) is 5.82. The summed E-state index contributed by atoms with van der Waals surface area (Å²) in [5.74, 6) is -0.182. The van der Waals surface area contributed by atoms with E-state index in [0.29, 0.717) is 5.56 Å². The van der Waals surface area contributed by atoms with E-state index >= 15 is 0 Å². The molecule has 0 bridgehead atoms. The summed E-state index contributed by atoms with van der Waals surface area (Å²) in [7, 11) is -1.69. The molecule has 0 aliphatic rings. The Labute approximate surface area is 116 Å². The summed E-state index contributed by atoms with van der Waals surface area (Å²) in [5.41, 5.74) is 0.556. The largest absolute Gasteiger partial charge is 0.430 e. The van der Waals surface area contributed by atoms with Gasteiger partial charge in [0, 0.05) is 19.1 Å². The van der Waals surface area contributed by atoms with Crippen LogP contribution in [0.2, 0.25) is 5.02 Å². The van der Waals surface area contributed by atoms with Crippen molar-refractivity contribution in [2.24, 2.45) is 0 Å². The molecule has 1 aromatic rings. The topological polar surface area (TPSA) is 46.6 Å². The van der Waals surface area contributed by atoms with Gasteiger partial charge in [0.2, 0.25) is 0 Å². The van der Waals surface area contributed by atoms with Gasteiger partial charge in [-0.2, -0.15) is 8.42 Å². The lowest BCUT2D eigenvalue weighted by Crippen LogP contribution is -2.25. The zero-order valence-electron chi connectivity index (χ0n) is 9.90. The molecule has 0 N–H and O–H groups in total. The Morgan fingerprint density at radius 2 is 2.00 bits per heavy atom. The zero-order valence-corrected chi connectivity index (χ0v) is 12.3. The van der Waals surface area contributed by atoms with Crippen LogP contribution in [0, 0.1) is 6.92 Å². The number of nitrogens with zero attached hydrogens (tertiary/aromatic N) is 1. The molecular weight excluding hydrogens is 301 g/mol. The lowest BCUT2D eigenvalue weighted by Gasteiger charge is -2.16. The van der Waals surface area contributed by atoms with Crippen molar-refractivity contribution in [2.45, 2.75) is 11.8 Å². The van der Waals surface area contributed by atoms with Gasteiger partial charge in [-0.15, -0.1) is 3.89 Å². The van der Waals surface area contributed by atoms with Crippen LogP contribution in [0.15, 0.2) is 17.0 Å². The first-order chi connectivity index (χ1) is 8.12. The number of ether oxygens (including phenoxy) is 1. The van der Waals surface area contributed by atoms with E-state index in [1.165, 1.54) is 11.0 Å². The normalized spacial score (nSPS) is 11.2. The second-order valence-electron chi connectivity index (χ2n) is 3.75. The van der Waals surface area contributed by atoms with E-state index in [0.717, 1.165) is 6.07 Å². The minimum Gasteiger partial charge on any atom is -0.430 e. The molecule has 0 atom stereocenters. The molecule has 1 aromatic carbocycles. The highest BCUT2D eigenvalue weighted by Gasteiger charge is 2.22. The van der Waals surface area contributed by atoms with Gasteiger partial charge in [0.25, 0.3) is 5.17 Å². The van der Waals surface area contributed by atoms with E-state index in [9.17, 15) is 12.3 Å². The first-order valence-corrected chi connectivity index (χ1v) is 6.94. The van der Waals surface area contributed by atoms with Crippen LogP contribution in [0.5, 0.6) is 5.75 Å². The van der Waals surface area contributed by atoms with E-state index in [2.05, 4.69) is 0 Å². The van der Waals surface area contributed by atoms with Gasteiger partial charge in [-0.3, -0.25) is 0 Å². The molecule has 0 spiro atoms. The second kappa shape index (κ2) is 5.38. The number of hydrogen-bond donors (Lipinski definition) is 0. The Kier molecular flexibility index (Phi) is 4.52. The van der Waals surface area contributed by atoms with Gasteiger partial charge >= 0.3 is 10.2 Å². The van der Waals surface area contributed by atoms with Crippen LogP contribution < -0.4 is 4.74 Å². The minimum absolute atomic E-state index is 0.0154. The molecule has 0 fully saturated rings. The molecule has 0 radical (unpaired) electrons. The molecule has 0 saturated heterocycles.